The van der Waals surface area contributed by atoms with E-state index in [0.29, 0.717) is 5.57 Å². The van der Waals surface area contributed by atoms with E-state index >= 15 is 0 Å². The van der Waals surface area contributed by atoms with E-state index in [1.807, 2.05) is 72.8 Å². The lowest BCUT2D eigenvalue weighted by Crippen LogP contribution is -2.15. The molecule has 0 fully saturated rings. The topological polar surface area (TPSA) is 49.3 Å². The van der Waals surface area contributed by atoms with Crippen molar-refractivity contribution < 1.29 is 9.90 Å². The van der Waals surface area contributed by atoms with Gasteiger partial charge in [0.25, 0.3) is 5.91 Å². The molecule has 3 aromatic rings. The van der Waals surface area contributed by atoms with Gasteiger partial charge in [-0.2, -0.15) is 0 Å². The molecule has 0 aromatic heterocycles. The predicted octanol–water partition coefficient (Wildman–Crippen LogP) is 4.47. The van der Waals surface area contributed by atoms with E-state index in [0.717, 1.165) is 28.0 Å². The fourth-order valence-electron chi connectivity index (χ4n) is 3.17. The second-order valence-electron chi connectivity index (χ2n) is 6.09. The van der Waals surface area contributed by atoms with E-state index in [1.54, 1.807) is 18.2 Å². The van der Waals surface area contributed by atoms with Crippen LogP contribution in [0.2, 0.25) is 0 Å². The second kappa shape index (κ2) is 6.73. The van der Waals surface area contributed by atoms with Gasteiger partial charge in [-0.05, 0) is 34.9 Å². The van der Waals surface area contributed by atoms with Gasteiger partial charge in [-0.3, -0.25) is 4.79 Å². The molecule has 3 nitrogen and oxygen atoms in total. The summed E-state index contributed by atoms with van der Waals surface area (Å²) in [5.74, 6) is 0.0682. The molecule has 1 amide bonds. The van der Waals surface area contributed by atoms with E-state index in [4.69, 9.17) is 0 Å². The molecular formula is C23H17NO2. The lowest BCUT2D eigenvalue weighted by atomic mass is 9.94. The number of phenols is 1. The third-order valence-electron chi connectivity index (χ3n) is 4.30. The molecule has 2 N–H and O–H groups in total. The molecule has 1 heterocycles. The van der Waals surface area contributed by atoms with E-state index in [9.17, 15) is 9.90 Å². The highest BCUT2D eigenvalue weighted by Crippen LogP contribution is 2.37. The van der Waals surface area contributed by atoms with Crippen molar-refractivity contribution in [2.75, 3.05) is 0 Å². The molecule has 0 aliphatic carbocycles. The van der Waals surface area contributed by atoms with Crippen LogP contribution in [-0.4, -0.2) is 11.0 Å². The summed E-state index contributed by atoms with van der Waals surface area (Å²) in [7, 11) is 0. The van der Waals surface area contributed by atoms with Crippen molar-refractivity contribution in [1.82, 2.24) is 5.32 Å². The first-order valence-corrected chi connectivity index (χ1v) is 8.40. The van der Waals surface area contributed by atoms with E-state index in [1.165, 1.54) is 0 Å². The van der Waals surface area contributed by atoms with Crippen LogP contribution in [0.25, 0.3) is 17.2 Å². The Kier molecular flexibility index (Phi) is 4.12. The first-order chi connectivity index (χ1) is 12.7. The summed E-state index contributed by atoms with van der Waals surface area (Å²) in [5, 5.41) is 12.7. The maximum Gasteiger partial charge on any atom is 0.256 e. The van der Waals surface area contributed by atoms with Gasteiger partial charge in [-0.25, -0.2) is 0 Å². The van der Waals surface area contributed by atoms with Crippen molar-refractivity contribution in [2.24, 2.45) is 0 Å². The van der Waals surface area contributed by atoms with Crippen LogP contribution in [-0.2, 0) is 4.79 Å². The zero-order valence-electron chi connectivity index (χ0n) is 14.0. The number of amides is 1. The SMILES string of the molecule is O=C1N/C(=C\c2cccc(O)c2)C(c2ccccc2)=C1c1ccccc1. The summed E-state index contributed by atoms with van der Waals surface area (Å²) in [6.45, 7) is 0. The largest absolute Gasteiger partial charge is 0.508 e. The van der Waals surface area contributed by atoms with Crippen LogP contribution < -0.4 is 5.32 Å². The molecule has 3 aromatic carbocycles. The van der Waals surface area contributed by atoms with Crippen LogP contribution in [0.4, 0.5) is 0 Å². The van der Waals surface area contributed by atoms with Gasteiger partial charge in [-0.15, -0.1) is 0 Å². The van der Waals surface area contributed by atoms with Crippen molar-refractivity contribution in [3.05, 3.63) is 107 Å². The third-order valence-corrected chi connectivity index (χ3v) is 4.30. The van der Waals surface area contributed by atoms with Crippen molar-refractivity contribution in [3.63, 3.8) is 0 Å². The minimum Gasteiger partial charge on any atom is -0.508 e. The van der Waals surface area contributed by atoms with Gasteiger partial charge in [0, 0.05) is 5.57 Å². The van der Waals surface area contributed by atoms with Crippen LogP contribution >= 0.6 is 0 Å². The third kappa shape index (κ3) is 3.03. The van der Waals surface area contributed by atoms with Crippen LogP contribution in [0, 0.1) is 0 Å². The highest BCUT2D eigenvalue weighted by Gasteiger charge is 2.29. The maximum absolute atomic E-state index is 12.8. The summed E-state index contributed by atoms with van der Waals surface area (Å²) in [5.41, 5.74) is 4.92. The monoisotopic (exact) mass is 339 g/mol. The molecule has 0 saturated carbocycles. The van der Waals surface area contributed by atoms with E-state index in [-0.39, 0.29) is 11.7 Å². The van der Waals surface area contributed by atoms with Crippen molar-refractivity contribution in [1.29, 1.82) is 0 Å². The predicted molar refractivity (Wildman–Crippen MR) is 104 cm³/mol. The second-order valence-corrected chi connectivity index (χ2v) is 6.09. The van der Waals surface area contributed by atoms with Crippen LogP contribution in [0.15, 0.2) is 90.6 Å². The lowest BCUT2D eigenvalue weighted by molar-refractivity contribution is -0.114. The molecule has 0 saturated heterocycles. The molecule has 0 unspecified atom stereocenters. The molecule has 0 spiro atoms. The van der Waals surface area contributed by atoms with Crippen molar-refractivity contribution in [2.45, 2.75) is 0 Å². The molecule has 0 bridgehead atoms. The number of rotatable bonds is 3. The van der Waals surface area contributed by atoms with Crippen LogP contribution in [0.5, 0.6) is 5.75 Å². The molecule has 0 atom stereocenters. The Hall–Kier alpha value is -3.59. The molecule has 4 rings (SSSR count). The molecule has 1 aliphatic rings. The van der Waals surface area contributed by atoms with Gasteiger partial charge in [0.15, 0.2) is 0 Å². The number of phenolic OH excluding ortho intramolecular Hbond substituents is 1. The van der Waals surface area contributed by atoms with Gasteiger partial charge in [0.05, 0.1) is 11.3 Å². The van der Waals surface area contributed by atoms with Gasteiger partial charge in [0.1, 0.15) is 5.75 Å². The fraction of sp³-hybridized carbons (Fsp3) is 0. The first kappa shape index (κ1) is 15.9. The number of benzene rings is 3. The average Bonchev–Trinajstić information content (AvgIpc) is 2.99. The van der Waals surface area contributed by atoms with Crippen molar-refractivity contribution >= 4 is 23.1 Å². The molecule has 0 radical (unpaired) electrons. The molecule has 26 heavy (non-hydrogen) atoms. The Morgan fingerprint density at radius 1 is 0.731 bits per heavy atom. The maximum atomic E-state index is 12.8. The lowest BCUT2D eigenvalue weighted by Gasteiger charge is -2.08. The van der Waals surface area contributed by atoms with Gasteiger partial charge in [0.2, 0.25) is 0 Å². The number of aromatic hydroxyl groups is 1. The summed E-state index contributed by atoms with van der Waals surface area (Å²) in [4.78, 5) is 12.8. The Morgan fingerprint density at radius 2 is 1.35 bits per heavy atom. The Labute approximate surface area is 151 Å². The minimum atomic E-state index is -0.124. The highest BCUT2D eigenvalue weighted by molar-refractivity contribution is 6.34. The Balaban J connectivity index is 1.93. The van der Waals surface area contributed by atoms with Gasteiger partial charge in [-0.1, -0.05) is 72.8 Å². The number of hydrogen-bond donors (Lipinski definition) is 2. The highest BCUT2D eigenvalue weighted by atomic mass is 16.3. The van der Waals surface area contributed by atoms with Gasteiger partial charge >= 0.3 is 0 Å². The number of nitrogens with one attached hydrogen (secondary N) is 1. The zero-order valence-corrected chi connectivity index (χ0v) is 14.0. The Morgan fingerprint density at radius 3 is 1.96 bits per heavy atom. The molecule has 126 valence electrons. The summed E-state index contributed by atoms with van der Waals surface area (Å²) in [6.07, 6.45) is 1.88. The fourth-order valence-corrected chi connectivity index (χ4v) is 3.17. The smallest absolute Gasteiger partial charge is 0.256 e. The van der Waals surface area contributed by atoms with Crippen molar-refractivity contribution in [3.8, 4) is 5.75 Å². The van der Waals surface area contributed by atoms with E-state index in [2.05, 4.69) is 5.32 Å². The normalized spacial score (nSPS) is 15.4. The van der Waals surface area contributed by atoms with Crippen LogP contribution in [0.1, 0.15) is 16.7 Å². The summed E-state index contributed by atoms with van der Waals surface area (Å²) >= 11 is 0. The van der Waals surface area contributed by atoms with Gasteiger partial charge < -0.3 is 10.4 Å². The Bertz CT molecular complexity index is 1020. The molecular weight excluding hydrogens is 322 g/mol. The number of carbonyl (C=O) groups excluding carboxylic acids is 1. The number of carbonyl (C=O) groups is 1. The number of hydrogen-bond acceptors (Lipinski definition) is 2. The minimum absolute atomic E-state index is 0.124. The summed E-state index contributed by atoms with van der Waals surface area (Å²) < 4.78 is 0. The summed E-state index contributed by atoms with van der Waals surface area (Å²) in [6, 6.07) is 26.5. The number of allylic oxidation sites excluding steroid dienone is 1. The average molecular weight is 339 g/mol. The quantitative estimate of drug-likeness (QED) is 0.739. The zero-order chi connectivity index (χ0) is 17.9. The van der Waals surface area contributed by atoms with E-state index < -0.39 is 0 Å². The first-order valence-electron chi connectivity index (χ1n) is 8.40. The van der Waals surface area contributed by atoms with Crippen LogP contribution in [0.3, 0.4) is 0 Å². The molecule has 3 heteroatoms. The molecule has 1 aliphatic heterocycles. The standard InChI is InChI=1S/C23H17NO2/c25-19-13-7-8-16(14-19)15-20-21(17-9-3-1-4-10-17)22(23(26)24-20)18-11-5-2-6-12-18/h1-15,25H,(H,24,26)/b20-15-.